The summed E-state index contributed by atoms with van der Waals surface area (Å²) in [5, 5.41) is 6.24. The minimum Gasteiger partial charge on any atom is -0.553 e. The molecule has 0 aliphatic carbocycles. The molecule has 3 saturated heterocycles. The van der Waals surface area contributed by atoms with E-state index in [-0.39, 0.29) is 30.1 Å². The van der Waals surface area contributed by atoms with Crippen LogP contribution in [0, 0.1) is 0 Å². The van der Waals surface area contributed by atoms with Crippen molar-refractivity contribution in [3.05, 3.63) is 71.8 Å². The van der Waals surface area contributed by atoms with Gasteiger partial charge in [-0.25, -0.2) is 0 Å². The lowest BCUT2D eigenvalue weighted by Crippen LogP contribution is -2.65. The molecule has 3 heterocycles. The topological polar surface area (TPSA) is 109 Å². The lowest BCUT2D eigenvalue weighted by Gasteiger charge is -2.44. The van der Waals surface area contributed by atoms with Crippen molar-refractivity contribution in [1.29, 1.82) is 0 Å². The number of methoxy groups -OCH3 is 1. The predicted octanol–water partition coefficient (Wildman–Crippen LogP) is 2.09. The summed E-state index contributed by atoms with van der Waals surface area (Å²) in [5.41, 5.74) is 2.01. The van der Waals surface area contributed by atoms with Gasteiger partial charge in [0.15, 0.2) is 0 Å². The van der Waals surface area contributed by atoms with Gasteiger partial charge >= 0.3 is 6.69 Å². The zero-order chi connectivity index (χ0) is 30.1. The SMILES string of the molecule is COCCC[C@H](NC(=O)[C@@H]1CCCN1C(=O)C(Cc1ccccc1)NC(=O)CCc1ccccc1)[B-]12OCCN1CCO2. The molecule has 0 spiro atoms. The molecule has 1 unspecified atom stereocenters. The van der Waals surface area contributed by atoms with Crippen molar-refractivity contribution in [1.82, 2.24) is 20.3 Å². The molecule has 43 heavy (non-hydrogen) atoms. The summed E-state index contributed by atoms with van der Waals surface area (Å²) in [6, 6.07) is 18.1. The van der Waals surface area contributed by atoms with E-state index >= 15 is 0 Å². The summed E-state index contributed by atoms with van der Waals surface area (Å²) in [7, 11) is 1.66. The van der Waals surface area contributed by atoms with Crippen LogP contribution < -0.4 is 10.6 Å². The largest absolute Gasteiger partial charge is 0.553 e. The lowest BCUT2D eigenvalue weighted by molar-refractivity contribution is -0.141. The normalized spacial score (nSPS) is 20.9. The standard InChI is InChI=1S/C32H44BN4O6/c1-41-21-9-15-29(33-36(19-22-42-33)20-23-43-33)35-31(39)28-14-8-18-37(28)32(40)27(24-26-12-6-3-7-13-26)34-30(38)17-16-25-10-4-2-5-11-25/h2-7,10-13,27-29H,8-9,14-24H2,1H3,(H,34,38)(H,35,39)/q-1/t27?,28-,29-/m0/s1. The van der Waals surface area contributed by atoms with E-state index < -0.39 is 18.8 Å². The third-order valence-corrected chi connectivity index (χ3v) is 8.92. The van der Waals surface area contributed by atoms with Crippen LogP contribution in [0.5, 0.6) is 0 Å². The molecule has 2 aromatic carbocycles. The zero-order valence-electron chi connectivity index (χ0n) is 25.1. The van der Waals surface area contributed by atoms with Crippen LogP contribution in [0.15, 0.2) is 60.7 Å². The minimum absolute atomic E-state index is 0.185. The molecule has 0 radical (unpaired) electrons. The number of likely N-dealkylation sites (tertiary alicyclic amines) is 1. The molecule has 3 atom stereocenters. The number of amides is 3. The first-order valence-corrected chi connectivity index (χ1v) is 15.6. The fraction of sp³-hybridized carbons (Fsp3) is 0.531. The van der Waals surface area contributed by atoms with E-state index in [9.17, 15) is 14.4 Å². The number of carbonyl (C=O) groups excluding carboxylic acids is 3. The van der Waals surface area contributed by atoms with Crippen LogP contribution in [0.1, 0.15) is 43.2 Å². The van der Waals surface area contributed by atoms with Gasteiger partial charge in [-0.3, -0.25) is 14.4 Å². The Morgan fingerprint density at radius 2 is 1.63 bits per heavy atom. The van der Waals surface area contributed by atoms with Gasteiger partial charge in [0.25, 0.3) is 0 Å². The van der Waals surface area contributed by atoms with Gasteiger partial charge < -0.3 is 34.4 Å². The Bertz CT molecular complexity index is 1210. The molecule has 5 rings (SSSR count). The van der Waals surface area contributed by atoms with Crippen molar-refractivity contribution in [3.63, 3.8) is 0 Å². The second-order valence-electron chi connectivity index (χ2n) is 11.7. The second-order valence-corrected chi connectivity index (χ2v) is 11.7. The number of hydrogen-bond acceptors (Lipinski definition) is 7. The average Bonchev–Trinajstić information content (AvgIpc) is 3.77. The number of fused-ring (bicyclic) bond motifs is 1. The molecule has 0 aromatic heterocycles. The molecule has 3 aliphatic rings. The minimum atomic E-state index is -1.80. The van der Waals surface area contributed by atoms with E-state index in [1.165, 1.54) is 0 Å². The molecular weight excluding hydrogens is 547 g/mol. The Morgan fingerprint density at radius 1 is 0.953 bits per heavy atom. The second kappa shape index (κ2) is 15.0. The maximum atomic E-state index is 14.1. The van der Waals surface area contributed by atoms with Crippen LogP contribution in [0.25, 0.3) is 0 Å². The first-order chi connectivity index (χ1) is 21.0. The number of rotatable bonds is 14. The van der Waals surface area contributed by atoms with Crippen LogP contribution in [0.2, 0.25) is 0 Å². The van der Waals surface area contributed by atoms with Gasteiger partial charge in [-0.2, -0.15) is 0 Å². The van der Waals surface area contributed by atoms with Gasteiger partial charge in [0.1, 0.15) is 12.1 Å². The number of nitrogens with one attached hydrogen (secondary N) is 2. The smallest absolute Gasteiger partial charge is 0.339 e. The Balaban J connectivity index is 1.28. The molecule has 3 amide bonds. The quantitative estimate of drug-likeness (QED) is 0.256. The lowest BCUT2D eigenvalue weighted by atomic mass is 9.60. The first-order valence-electron chi connectivity index (χ1n) is 15.6. The predicted molar refractivity (Wildman–Crippen MR) is 164 cm³/mol. The van der Waals surface area contributed by atoms with Gasteiger partial charge in [-0.15, -0.1) is 0 Å². The monoisotopic (exact) mass is 591 g/mol. The number of nitrogens with zero attached hydrogens (tertiary/aromatic N) is 2. The molecule has 10 nitrogen and oxygen atoms in total. The van der Waals surface area contributed by atoms with E-state index in [1.807, 2.05) is 60.7 Å². The molecule has 0 saturated carbocycles. The molecular formula is C32H44BN4O6-. The number of carbonyl (C=O) groups is 3. The Kier molecular flexibility index (Phi) is 10.9. The van der Waals surface area contributed by atoms with Gasteiger partial charge in [-0.05, 0) is 55.8 Å². The molecule has 232 valence electrons. The first kappa shape index (κ1) is 31.2. The van der Waals surface area contributed by atoms with Crippen LogP contribution in [0.4, 0.5) is 0 Å². The summed E-state index contributed by atoms with van der Waals surface area (Å²) >= 11 is 0. The van der Waals surface area contributed by atoms with Crippen molar-refractivity contribution in [2.75, 3.05) is 46.6 Å². The molecule has 11 heteroatoms. The van der Waals surface area contributed by atoms with E-state index in [0.717, 1.165) is 30.6 Å². The van der Waals surface area contributed by atoms with Crippen molar-refractivity contribution >= 4 is 24.4 Å². The number of ether oxygens (including phenoxy) is 1. The van der Waals surface area contributed by atoms with Gasteiger partial charge in [0.05, 0.1) is 0 Å². The third kappa shape index (κ3) is 7.64. The number of aryl methyl sites for hydroxylation is 1. The van der Waals surface area contributed by atoms with Crippen LogP contribution in [0.3, 0.4) is 0 Å². The molecule has 2 N–H and O–H groups in total. The fourth-order valence-corrected chi connectivity index (χ4v) is 6.73. The number of benzene rings is 2. The van der Waals surface area contributed by atoms with Gasteiger partial charge in [0.2, 0.25) is 17.7 Å². The van der Waals surface area contributed by atoms with Crippen molar-refractivity contribution in [2.45, 2.75) is 63.0 Å². The summed E-state index contributed by atoms with van der Waals surface area (Å²) in [4.78, 5) is 44.9. The van der Waals surface area contributed by atoms with E-state index in [0.29, 0.717) is 58.5 Å². The summed E-state index contributed by atoms with van der Waals surface area (Å²) in [5.74, 6) is -0.965. The van der Waals surface area contributed by atoms with Crippen molar-refractivity contribution < 1.29 is 28.4 Å². The van der Waals surface area contributed by atoms with Gasteiger partial charge in [0, 0.05) is 46.3 Å². The molecule has 3 fully saturated rings. The highest BCUT2D eigenvalue weighted by Crippen LogP contribution is 2.31. The van der Waals surface area contributed by atoms with E-state index in [2.05, 4.69) is 15.4 Å². The van der Waals surface area contributed by atoms with Crippen LogP contribution in [-0.2, 0) is 41.3 Å². The van der Waals surface area contributed by atoms with Crippen LogP contribution >= 0.6 is 0 Å². The highest BCUT2D eigenvalue weighted by atomic mass is 16.6. The highest BCUT2D eigenvalue weighted by Gasteiger charge is 2.49. The number of hydrogen-bond donors (Lipinski definition) is 2. The van der Waals surface area contributed by atoms with Crippen molar-refractivity contribution in [2.24, 2.45) is 0 Å². The third-order valence-electron chi connectivity index (χ3n) is 8.92. The average molecular weight is 592 g/mol. The van der Waals surface area contributed by atoms with E-state index in [4.69, 9.17) is 14.0 Å². The maximum absolute atomic E-state index is 14.1. The Morgan fingerprint density at radius 3 is 2.30 bits per heavy atom. The Hall–Kier alpha value is -3.25. The van der Waals surface area contributed by atoms with Gasteiger partial charge in [-0.1, -0.05) is 67.1 Å². The molecule has 2 aromatic rings. The highest BCUT2D eigenvalue weighted by molar-refractivity contribution is 6.67. The zero-order valence-corrected chi connectivity index (χ0v) is 25.1. The summed E-state index contributed by atoms with van der Waals surface area (Å²) < 4.78 is 17.6. The van der Waals surface area contributed by atoms with Crippen molar-refractivity contribution in [3.8, 4) is 0 Å². The van der Waals surface area contributed by atoms with Crippen LogP contribution in [-0.4, -0.2) is 98.7 Å². The molecule has 3 aliphatic heterocycles. The summed E-state index contributed by atoms with van der Waals surface area (Å²) in [6.45, 7) is 1.91. The maximum Gasteiger partial charge on any atom is 0.339 e. The fourth-order valence-electron chi connectivity index (χ4n) is 6.73. The summed E-state index contributed by atoms with van der Waals surface area (Å²) in [6.07, 6.45) is 3.88. The molecule has 0 bridgehead atoms. The Labute approximate surface area is 254 Å². The van der Waals surface area contributed by atoms with E-state index in [1.54, 1.807) is 12.0 Å².